The van der Waals surface area contributed by atoms with E-state index in [1.165, 1.54) is 19.2 Å². The SMILES string of the molecule is CC(C)C[CH]NC(=O)[C@@H](NC(=O)c1ccccn1)[C@@H](C)O. The summed E-state index contributed by atoms with van der Waals surface area (Å²) in [5.41, 5.74) is 0.196. The molecule has 0 aliphatic carbocycles. The lowest BCUT2D eigenvalue weighted by molar-refractivity contribution is -0.124. The minimum absolute atomic E-state index is 0.196. The Hall–Kier alpha value is -1.95. The Kier molecular flexibility index (Phi) is 6.81. The summed E-state index contributed by atoms with van der Waals surface area (Å²) in [7, 11) is 0. The second kappa shape index (κ2) is 8.36. The second-order valence-electron chi connectivity index (χ2n) is 5.25. The number of pyridine rings is 1. The van der Waals surface area contributed by atoms with E-state index in [4.69, 9.17) is 0 Å². The molecule has 0 saturated heterocycles. The van der Waals surface area contributed by atoms with Gasteiger partial charge < -0.3 is 15.7 Å². The van der Waals surface area contributed by atoms with Crippen LogP contribution >= 0.6 is 0 Å². The molecule has 0 aliphatic heterocycles. The number of aliphatic hydroxyl groups is 1. The number of nitrogens with one attached hydrogen (secondary N) is 2. The van der Waals surface area contributed by atoms with E-state index in [9.17, 15) is 14.7 Å². The van der Waals surface area contributed by atoms with Crippen molar-refractivity contribution < 1.29 is 14.7 Å². The van der Waals surface area contributed by atoms with Crippen LogP contribution in [0.2, 0.25) is 0 Å². The highest BCUT2D eigenvalue weighted by Gasteiger charge is 2.26. The van der Waals surface area contributed by atoms with E-state index >= 15 is 0 Å². The van der Waals surface area contributed by atoms with Crippen LogP contribution in [0.1, 0.15) is 37.7 Å². The summed E-state index contributed by atoms with van der Waals surface area (Å²) in [6, 6.07) is 3.88. The van der Waals surface area contributed by atoms with Crippen molar-refractivity contribution in [3.63, 3.8) is 0 Å². The van der Waals surface area contributed by atoms with Crippen LogP contribution in [0, 0.1) is 12.5 Å². The quantitative estimate of drug-likeness (QED) is 0.696. The first-order valence-corrected chi connectivity index (χ1v) is 6.93. The zero-order valence-electron chi connectivity index (χ0n) is 12.5. The summed E-state index contributed by atoms with van der Waals surface area (Å²) in [5, 5.41) is 14.8. The molecule has 1 aromatic rings. The van der Waals surface area contributed by atoms with Crippen molar-refractivity contribution >= 4 is 11.8 Å². The lowest BCUT2D eigenvalue weighted by Gasteiger charge is -2.20. The lowest BCUT2D eigenvalue weighted by Crippen LogP contribution is -2.52. The molecule has 1 rings (SSSR count). The maximum absolute atomic E-state index is 12.0. The van der Waals surface area contributed by atoms with Crippen molar-refractivity contribution in [3.8, 4) is 0 Å². The number of carbonyl (C=O) groups is 2. The van der Waals surface area contributed by atoms with Crippen LogP contribution in [0.15, 0.2) is 24.4 Å². The summed E-state index contributed by atoms with van der Waals surface area (Å²) < 4.78 is 0. The maximum Gasteiger partial charge on any atom is 0.270 e. The first-order valence-electron chi connectivity index (χ1n) is 6.93. The summed E-state index contributed by atoms with van der Waals surface area (Å²) in [4.78, 5) is 27.9. The van der Waals surface area contributed by atoms with E-state index in [1.54, 1.807) is 18.7 Å². The fourth-order valence-corrected chi connectivity index (χ4v) is 1.60. The number of carbonyl (C=O) groups excluding carboxylic acids is 2. The molecule has 2 atom stereocenters. The van der Waals surface area contributed by atoms with Gasteiger partial charge in [-0.1, -0.05) is 19.9 Å². The third-order valence-electron chi connectivity index (χ3n) is 2.78. The number of hydrogen-bond donors (Lipinski definition) is 3. The largest absolute Gasteiger partial charge is 0.391 e. The summed E-state index contributed by atoms with van der Waals surface area (Å²) >= 11 is 0. The molecule has 0 aromatic carbocycles. The van der Waals surface area contributed by atoms with E-state index in [2.05, 4.69) is 15.6 Å². The summed E-state index contributed by atoms with van der Waals surface area (Å²) in [6.45, 7) is 7.13. The van der Waals surface area contributed by atoms with Crippen molar-refractivity contribution in [2.24, 2.45) is 5.92 Å². The minimum atomic E-state index is -1.03. The molecule has 0 spiro atoms. The Bertz CT molecular complexity index is 460. The number of aliphatic hydroxyl groups excluding tert-OH is 1. The standard InChI is InChI=1S/C15H22N3O3/c1-10(2)7-9-17-15(21)13(11(3)19)18-14(20)12-6-4-5-8-16-12/h4-6,8-11,13,19H,7H2,1-3H3,(H,17,21)(H,18,20)/t11-,13+/m1/s1. The Balaban J connectivity index is 2.61. The van der Waals surface area contributed by atoms with Gasteiger partial charge in [-0.3, -0.25) is 14.6 Å². The summed E-state index contributed by atoms with van der Waals surface area (Å²) in [5.74, 6) is -0.533. The molecule has 0 bridgehead atoms. The van der Waals surface area contributed by atoms with Crippen LogP contribution in [0.25, 0.3) is 0 Å². The van der Waals surface area contributed by atoms with Crippen LogP contribution < -0.4 is 10.6 Å². The average Bonchev–Trinajstić information content (AvgIpc) is 2.44. The maximum atomic E-state index is 12.0. The number of aromatic nitrogens is 1. The second-order valence-corrected chi connectivity index (χ2v) is 5.25. The first-order chi connectivity index (χ1) is 9.91. The third kappa shape index (κ3) is 5.91. The van der Waals surface area contributed by atoms with Gasteiger partial charge in [-0.05, 0) is 31.4 Å². The highest BCUT2D eigenvalue weighted by Crippen LogP contribution is 2.02. The fourth-order valence-electron chi connectivity index (χ4n) is 1.60. The van der Waals surface area contributed by atoms with Gasteiger partial charge in [-0.2, -0.15) is 0 Å². The average molecular weight is 292 g/mol. The highest BCUT2D eigenvalue weighted by atomic mass is 16.3. The molecule has 6 heteroatoms. The van der Waals surface area contributed by atoms with Crippen molar-refractivity contribution in [2.45, 2.75) is 39.3 Å². The van der Waals surface area contributed by atoms with Gasteiger partial charge >= 0.3 is 0 Å². The number of rotatable bonds is 7. The predicted octanol–water partition coefficient (Wildman–Crippen LogP) is 0.885. The number of amides is 2. The van der Waals surface area contributed by atoms with E-state index in [-0.39, 0.29) is 5.69 Å². The smallest absolute Gasteiger partial charge is 0.270 e. The van der Waals surface area contributed by atoms with E-state index in [1.807, 2.05) is 13.8 Å². The fraction of sp³-hybridized carbons (Fsp3) is 0.467. The minimum Gasteiger partial charge on any atom is -0.391 e. The van der Waals surface area contributed by atoms with Crippen molar-refractivity contribution in [1.29, 1.82) is 0 Å². The van der Waals surface area contributed by atoms with Crippen molar-refractivity contribution in [3.05, 3.63) is 36.6 Å². The molecule has 0 saturated carbocycles. The molecular formula is C15H22N3O3. The van der Waals surface area contributed by atoms with Crippen molar-refractivity contribution in [1.82, 2.24) is 15.6 Å². The molecule has 6 nitrogen and oxygen atoms in total. The van der Waals surface area contributed by atoms with Gasteiger partial charge in [0.1, 0.15) is 11.7 Å². The first kappa shape index (κ1) is 17.1. The highest BCUT2D eigenvalue weighted by molar-refractivity contribution is 5.96. The molecule has 0 unspecified atom stereocenters. The van der Waals surface area contributed by atoms with Crippen LogP contribution in [0.3, 0.4) is 0 Å². The normalized spacial score (nSPS) is 13.6. The molecule has 3 N–H and O–H groups in total. The van der Waals surface area contributed by atoms with Gasteiger partial charge in [0.2, 0.25) is 5.91 Å². The van der Waals surface area contributed by atoms with Crippen LogP contribution in [-0.2, 0) is 4.79 Å². The zero-order chi connectivity index (χ0) is 15.8. The van der Waals surface area contributed by atoms with Gasteiger partial charge in [0.05, 0.1) is 6.10 Å². The Labute approximate surface area is 125 Å². The van der Waals surface area contributed by atoms with Gasteiger partial charge in [-0.25, -0.2) is 0 Å². The van der Waals surface area contributed by atoms with Gasteiger partial charge in [-0.15, -0.1) is 0 Å². The topological polar surface area (TPSA) is 91.3 Å². The van der Waals surface area contributed by atoms with Crippen LogP contribution in [-0.4, -0.2) is 34.1 Å². The molecule has 1 aromatic heterocycles. The van der Waals surface area contributed by atoms with E-state index < -0.39 is 24.0 Å². The zero-order valence-corrected chi connectivity index (χ0v) is 12.5. The lowest BCUT2D eigenvalue weighted by atomic mass is 10.1. The van der Waals surface area contributed by atoms with Gasteiger partial charge in [0.25, 0.3) is 5.91 Å². The van der Waals surface area contributed by atoms with Crippen molar-refractivity contribution in [2.75, 3.05) is 0 Å². The Morgan fingerprint density at radius 1 is 1.33 bits per heavy atom. The number of nitrogens with zero attached hydrogens (tertiary/aromatic N) is 1. The van der Waals surface area contributed by atoms with Crippen LogP contribution in [0.5, 0.6) is 0 Å². The number of hydrogen-bond acceptors (Lipinski definition) is 4. The molecule has 2 amide bonds. The van der Waals surface area contributed by atoms with Gasteiger partial charge in [0.15, 0.2) is 0 Å². The van der Waals surface area contributed by atoms with E-state index in [0.29, 0.717) is 12.3 Å². The van der Waals surface area contributed by atoms with E-state index in [0.717, 1.165) is 0 Å². The molecule has 1 radical (unpaired) electrons. The molecular weight excluding hydrogens is 270 g/mol. The molecule has 0 fully saturated rings. The predicted molar refractivity (Wildman–Crippen MR) is 79.1 cm³/mol. The monoisotopic (exact) mass is 292 g/mol. The molecule has 115 valence electrons. The van der Waals surface area contributed by atoms with Crippen LogP contribution in [0.4, 0.5) is 0 Å². The summed E-state index contributed by atoms with van der Waals surface area (Å²) in [6.07, 6.45) is 1.19. The molecule has 21 heavy (non-hydrogen) atoms. The Morgan fingerprint density at radius 2 is 2.05 bits per heavy atom. The Morgan fingerprint density at radius 3 is 2.57 bits per heavy atom. The van der Waals surface area contributed by atoms with Gasteiger partial charge in [0, 0.05) is 12.7 Å². The third-order valence-corrected chi connectivity index (χ3v) is 2.78. The molecule has 0 aliphatic rings. The molecule has 1 heterocycles.